The molecule has 1 atom stereocenters. The third kappa shape index (κ3) is 4.98. The molecular formula is C14H22NO2S+. The maximum atomic E-state index is 9.93. The fourth-order valence-corrected chi connectivity index (χ4v) is 3.21. The molecule has 3 nitrogen and oxygen atoms in total. The quantitative estimate of drug-likeness (QED) is 0.773. The highest BCUT2D eigenvalue weighted by molar-refractivity contribution is 7.99. The monoisotopic (exact) mass is 268 g/mol. The van der Waals surface area contributed by atoms with Crippen LogP contribution in [0.25, 0.3) is 0 Å². The van der Waals surface area contributed by atoms with Gasteiger partial charge in [0, 0.05) is 11.5 Å². The average Bonchev–Trinajstić information content (AvgIpc) is 2.41. The standard InChI is InChI=1S/C14H21NO2S/c16-14(10-15-6-8-18-9-7-15)12-17-11-13-4-2-1-3-5-13/h1-5,14,16H,6-12H2/p+1/t14-/m1/s1. The molecule has 0 aromatic heterocycles. The second kappa shape index (κ2) is 7.79. The van der Waals surface area contributed by atoms with Crippen molar-refractivity contribution < 1.29 is 14.7 Å². The Morgan fingerprint density at radius 3 is 2.67 bits per heavy atom. The lowest BCUT2D eigenvalue weighted by Crippen LogP contribution is -3.14. The summed E-state index contributed by atoms with van der Waals surface area (Å²) in [7, 11) is 0. The van der Waals surface area contributed by atoms with Gasteiger partial charge in [-0.2, -0.15) is 11.8 Å². The Hall–Kier alpha value is -0.550. The zero-order chi connectivity index (χ0) is 12.6. The van der Waals surface area contributed by atoms with Crippen molar-refractivity contribution in [2.45, 2.75) is 12.7 Å². The molecule has 0 aliphatic carbocycles. The normalized spacial score (nSPS) is 18.7. The molecule has 1 fully saturated rings. The van der Waals surface area contributed by atoms with Crippen molar-refractivity contribution in [1.82, 2.24) is 0 Å². The summed E-state index contributed by atoms with van der Waals surface area (Å²) in [6, 6.07) is 10.1. The van der Waals surface area contributed by atoms with E-state index in [-0.39, 0.29) is 6.10 Å². The first-order chi connectivity index (χ1) is 8.84. The minimum absolute atomic E-state index is 0.341. The molecule has 1 saturated heterocycles. The van der Waals surface area contributed by atoms with Crippen LogP contribution in [0.4, 0.5) is 0 Å². The average molecular weight is 268 g/mol. The number of quaternary nitrogens is 1. The highest BCUT2D eigenvalue weighted by Gasteiger charge is 2.18. The van der Waals surface area contributed by atoms with Gasteiger partial charge in [-0.15, -0.1) is 0 Å². The van der Waals surface area contributed by atoms with Crippen molar-refractivity contribution in [2.24, 2.45) is 0 Å². The number of aliphatic hydroxyl groups excluding tert-OH is 1. The lowest BCUT2D eigenvalue weighted by Gasteiger charge is -2.25. The first kappa shape index (κ1) is 13.9. The molecule has 0 radical (unpaired) electrons. The molecule has 0 bridgehead atoms. The van der Waals surface area contributed by atoms with Gasteiger partial charge in [-0.1, -0.05) is 30.3 Å². The number of aliphatic hydroxyl groups is 1. The summed E-state index contributed by atoms with van der Waals surface area (Å²) in [5, 5.41) is 9.93. The van der Waals surface area contributed by atoms with Crippen LogP contribution in [-0.2, 0) is 11.3 Å². The maximum Gasteiger partial charge on any atom is 0.126 e. The van der Waals surface area contributed by atoms with E-state index in [2.05, 4.69) is 0 Å². The maximum absolute atomic E-state index is 9.93. The molecule has 2 N–H and O–H groups in total. The van der Waals surface area contributed by atoms with Crippen LogP contribution in [-0.4, -0.2) is 49.0 Å². The van der Waals surface area contributed by atoms with Crippen LogP contribution in [0.1, 0.15) is 5.56 Å². The number of hydrogen-bond donors (Lipinski definition) is 2. The first-order valence-corrected chi connectivity index (χ1v) is 7.71. The van der Waals surface area contributed by atoms with Gasteiger partial charge in [-0.3, -0.25) is 0 Å². The van der Waals surface area contributed by atoms with E-state index in [0.29, 0.717) is 13.2 Å². The summed E-state index contributed by atoms with van der Waals surface area (Å²) in [6.45, 7) is 4.17. The van der Waals surface area contributed by atoms with Crippen LogP contribution in [0.2, 0.25) is 0 Å². The van der Waals surface area contributed by atoms with Gasteiger partial charge in [-0.25, -0.2) is 0 Å². The summed E-state index contributed by atoms with van der Waals surface area (Å²) in [5.74, 6) is 2.43. The van der Waals surface area contributed by atoms with E-state index in [9.17, 15) is 5.11 Å². The predicted molar refractivity (Wildman–Crippen MR) is 75.0 cm³/mol. The van der Waals surface area contributed by atoms with E-state index in [1.807, 2.05) is 42.1 Å². The van der Waals surface area contributed by atoms with Gasteiger partial charge in [-0.05, 0) is 5.56 Å². The van der Waals surface area contributed by atoms with Crippen LogP contribution in [0.5, 0.6) is 0 Å². The Labute approximate surface area is 113 Å². The fourth-order valence-electron chi connectivity index (χ4n) is 2.14. The van der Waals surface area contributed by atoms with E-state index in [1.54, 1.807) is 0 Å². The SMILES string of the molecule is O[C@@H](COCc1ccccc1)C[NH+]1CCSCC1. The van der Waals surface area contributed by atoms with Crippen LogP contribution >= 0.6 is 11.8 Å². The largest absolute Gasteiger partial charge is 0.385 e. The highest BCUT2D eigenvalue weighted by atomic mass is 32.2. The van der Waals surface area contributed by atoms with E-state index < -0.39 is 0 Å². The molecular weight excluding hydrogens is 246 g/mol. The lowest BCUT2D eigenvalue weighted by atomic mass is 10.2. The van der Waals surface area contributed by atoms with Gasteiger partial charge in [0.25, 0.3) is 0 Å². The predicted octanol–water partition coefficient (Wildman–Crippen LogP) is 0.196. The molecule has 18 heavy (non-hydrogen) atoms. The van der Waals surface area contributed by atoms with Crippen LogP contribution in [0.15, 0.2) is 30.3 Å². The van der Waals surface area contributed by atoms with Crippen LogP contribution in [0.3, 0.4) is 0 Å². The first-order valence-electron chi connectivity index (χ1n) is 6.55. The molecule has 1 aliphatic heterocycles. The van der Waals surface area contributed by atoms with Crippen LogP contribution in [0, 0.1) is 0 Å². The molecule has 2 rings (SSSR count). The number of benzene rings is 1. The Kier molecular flexibility index (Phi) is 6.00. The Bertz CT molecular complexity index is 328. The van der Waals surface area contributed by atoms with Gasteiger partial charge in [0.15, 0.2) is 0 Å². The zero-order valence-corrected chi connectivity index (χ0v) is 11.5. The van der Waals surface area contributed by atoms with Crippen molar-refractivity contribution in [3.05, 3.63) is 35.9 Å². The molecule has 4 heteroatoms. The minimum Gasteiger partial charge on any atom is -0.385 e. The fraction of sp³-hybridized carbons (Fsp3) is 0.571. The summed E-state index contributed by atoms with van der Waals surface area (Å²) in [4.78, 5) is 1.50. The zero-order valence-electron chi connectivity index (χ0n) is 10.7. The third-order valence-corrected chi connectivity index (χ3v) is 4.13. The molecule has 0 spiro atoms. The molecule has 0 unspecified atom stereocenters. The van der Waals surface area contributed by atoms with Crippen molar-refractivity contribution >= 4 is 11.8 Å². The Balaban J connectivity index is 1.61. The number of nitrogens with one attached hydrogen (secondary N) is 1. The van der Waals surface area contributed by atoms with E-state index in [1.165, 1.54) is 29.5 Å². The summed E-state index contributed by atoms with van der Waals surface area (Å²) in [6.07, 6.45) is -0.341. The highest BCUT2D eigenvalue weighted by Crippen LogP contribution is 2.01. The molecule has 1 aliphatic rings. The molecule has 1 heterocycles. The van der Waals surface area contributed by atoms with Gasteiger partial charge in [0.05, 0.1) is 26.3 Å². The smallest absolute Gasteiger partial charge is 0.126 e. The Morgan fingerprint density at radius 1 is 1.22 bits per heavy atom. The molecule has 1 aromatic carbocycles. The molecule has 1 aromatic rings. The number of ether oxygens (including phenoxy) is 1. The van der Waals surface area contributed by atoms with Crippen molar-refractivity contribution in [1.29, 1.82) is 0 Å². The second-order valence-corrected chi connectivity index (χ2v) is 5.95. The number of hydrogen-bond acceptors (Lipinski definition) is 3. The molecule has 0 amide bonds. The summed E-state index contributed by atoms with van der Waals surface area (Å²) < 4.78 is 5.55. The Morgan fingerprint density at radius 2 is 1.94 bits per heavy atom. The van der Waals surface area contributed by atoms with E-state index in [4.69, 9.17) is 4.74 Å². The van der Waals surface area contributed by atoms with Gasteiger partial charge in [0.2, 0.25) is 0 Å². The van der Waals surface area contributed by atoms with Gasteiger partial charge >= 0.3 is 0 Å². The van der Waals surface area contributed by atoms with E-state index >= 15 is 0 Å². The lowest BCUT2D eigenvalue weighted by molar-refractivity contribution is -0.899. The van der Waals surface area contributed by atoms with Crippen molar-refractivity contribution in [3.63, 3.8) is 0 Å². The molecule has 0 saturated carbocycles. The summed E-state index contributed by atoms with van der Waals surface area (Å²) in [5.41, 5.74) is 1.16. The number of thioether (sulfide) groups is 1. The number of rotatable bonds is 6. The molecule has 100 valence electrons. The second-order valence-electron chi connectivity index (χ2n) is 4.72. The van der Waals surface area contributed by atoms with Crippen molar-refractivity contribution in [3.8, 4) is 0 Å². The summed E-state index contributed by atoms with van der Waals surface area (Å²) >= 11 is 2.01. The van der Waals surface area contributed by atoms with Gasteiger partial charge in [0.1, 0.15) is 12.6 Å². The van der Waals surface area contributed by atoms with E-state index in [0.717, 1.165) is 12.1 Å². The van der Waals surface area contributed by atoms with Crippen molar-refractivity contribution in [2.75, 3.05) is 37.7 Å². The van der Waals surface area contributed by atoms with Gasteiger partial charge < -0.3 is 14.7 Å². The minimum atomic E-state index is -0.341. The topological polar surface area (TPSA) is 33.9 Å². The third-order valence-electron chi connectivity index (χ3n) is 3.15. The van der Waals surface area contributed by atoms with Crippen LogP contribution < -0.4 is 4.90 Å².